The van der Waals surface area contributed by atoms with Crippen molar-refractivity contribution in [3.63, 3.8) is 0 Å². The van der Waals surface area contributed by atoms with Gasteiger partial charge in [-0.05, 0) is 36.5 Å². The summed E-state index contributed by atoms with van der Waals surface area (Å²) in [5.74, 6) is 0.0809. The van der Waals surface area contributed by atoms with Crippen molar-refractivity contribution >= 4 is 40.6 Å². The maximum absolute atomic E-state index is 13.0. The van der Waals surface area contributed by atoms with Gasteiger partial charge in [0.05, 0.1) is 16.1 Å². The predicted molar refractivity (Wildman–Crippen MR) is 88.3 cm³/mol. The van der Waals surface area contributed by atoms with Gasteiger partial charge in [-0.3, -0.25) is 9.59 Å². The van der Waals surface area contributed by atoms with Gasteiger partial charge in [0.1, 0.15) is 5.78 Å². The third kappa shape index (κ3) is 1.82. The number of hydrogen-bond acceptors (Lipinski definition) is 2. The van der Waals surface area contributed by atoms with Crippen LogP contribution >= 0.6 is 23.2 Å². The van der Waals surface area contributed by atoms with E-state index in [1.807, 2.05) is 20.8 Å². The summed E-state index contributed by atoms with van der Waals surface area (Å²) in [4.78, 5) is 25.4. The number of carbonyl (C=O) groups is 2. The fraction of sp³-hybridized carbons (Fsp3) is 0.529. The van der Waals surface area contributed by atoms with Crippen molar-refractivity contribution in [1.29, 1.82) is 0 Å². The Bertz CT molecular complexity index is 685. The van der Waals surface area contributed by atoms with Crippen LogP contribution in [0.4, 0.5) is 5.69 Å². The van der Waals surface area contributed by atoms with E-state index in [1.165, 1.54) is 0 Å². The summed E-state index contributed by atoms with van der Waals surface area (Å²) in [5.41, 5.74) is -0.884. The molecule has 2 bridgehead atoms. The maximum atomic E-state index is 13.0. The third-order valence-corrected chi connectivity index (χ3v) is 6.87. The minimum absolute atomic E-state index is 0.115. The van der Waals surface area contributed by atoms with Crippen LogP contribution in [0.5, 0.6) is 0 Å². The van der Waals surface area contributed by atoms with Gasteiger partial charge in [-0.25, -0.2) is 0 Å². The van der Waals surface area contributed by atoms with Crippen LogP contribution in [0.25, 0.3) is 0 Å². The molecule has 2 fully saturated rings. The molecule has 2 aliphatic carbocycles. The van der Waals surface area contributed by atoms with E-state index in [0.29, 0.717) is 22.2 Å². The van der Waals surface area contributed by atoms with Gasteiger partial charge in [0, 0.05) is 16.9 Å². The number of Topliss-reactive ketones (excluding diaryl/α,β-unsaturated/α-hetero) is 1. The lowest BCUT2D eigenvalue weighted by atomic mass is 9.64. The van der Waals surface area contributed by atoms with Crippen LogP contribution < -0.4 is 5.32 Å². The lowest BCUT2D eigenvalue weighted by molar-refractivity contribution is -0.131. The molecule has 0 unspecified atom stereocenters. The van der Waals surface area contributed by atoms with Crippen molar-refractivity contribution in [2.75, 3.05) is 5.32 Å². The molecule has 118 valence electrons. The summed E-state index contributed by atoms with van der Waals surface area (Å²) < 4.78 is 0. The number of fused-ring (bicyclic) bond motifs is 2. The normalized spacial score (nSPS) is 32.3. The van der Waals surface area contributed by atoms with Gasteiger partial charge in [-0.15, -0.1) is 0 Å². The number of ketones is 1. The average Bonchev–Trinajstić information content (AvgIpc) is 2.72. The minimum Gasteiger partial charge on any atom is -0.324 e. The highest BCUT2D eigenvalue weighted by Gasteiger charge is 2.72. The van der Waals surface area contributed by atoms with E-state index in [2.05, 4.69) is 5.32 Å². The molecule has 0 radical (unpaired) electrons. The highest BCUT2D eigenvalue weighted by molar-refractivity contribution is 6.36. The smallest absolute Gasteiger partial charge is 0.231 e. The quantitative estimate of drug-likeness (QED) is 0.847. The topological polar surface area (TPSA) is 46.2 Å². The number of halogens is 2. The van der Waals surface area contributed by atoms with E-state index in [-0.39, 0.29) is 17.1 Å². The molecule has 1 N–H and O–H groups in total. The van der Waals surface area contributed by atoms with Crippen LogP contribution in [-0.4, -0.2) is 11.7 Å². The zero-order valence-electron chi connectivity index (χ0n) is 12.9. The van der Waals surface area contributed by atoms with E-state index in [9.17, 15) is 9.59 Å². The molecule has 0 heterocycles. The van der Waals surface area contributed by atoms with E-state index < -0.39 is 10.8 Å². The second kappa shape index (κ2) is 4.72. The van der Waals surface area contributed by atoms with Crippen molar-refractivity contribution in [2.24, 2.45) is 16.2 Å². The van der Waals surface area contributed by atoms with Gasteiger partial charge in [0.15, 0.2) is 0 Å². The lowest BCUT2D eigenvalue weighted by Gasteiger charge is -2.38. The third-order valence-electron chi connectivity index (χ3n) is 6.32. The molecular formula is C17H19Cl2NO2. The van der Waals surface area contributed by atoms with Crippen molar-refractivity contribution in [1.82, 2.24) is 0 Å². The molecule has 0 aliphatic heterocycles. The number of carbonyl (C=O) groups excluding carboxylic acids is 2. The van der Waals surface area contributed by atoms with Gasteiger partial charge >= 0.3 is 0 Å². The Morgan fingerprint density at radius 3 is 2.36 bits per heavy atom. The van der Waals surface area contributed by atoms with E-state index in [4.69, 9.17) is 23.2 Å². The molecule has 1 aromatic carbocycles. The standard InChI is InChI=1S/C17H19Cl2NO2/c1-15(2)16(3)6-7-17(15,9-13(16)21)14(22)20-12-5-4-10(18)8-11(12)19/h4-5,8H,6-7,9H2,1-3H3,(H,20,22)/t16-,17+/m0/s1. The van der Waals surface area contributed by atoms with Gasteiger partial charge in [-0.1, -0.05) is 44.0 Å². The van der Waals surface area contributed by atoms with Gasteiger partial charge in [-0.2, -0.15) is 0 Å². The fourth-order valence-corrected chi connectivity index (χ4v) is 4.65. The molecule has 1 aromatic rings. The zero-order chi connectivity index (χ0) is 16.3. The lowest BCUT2D eigenvalue weighted by Crippen LogP contribution is -2.43. The van der Waals surface area contributed by atoms with Crippen LogP contribution in [0.15, 0.2) is 18.2 Å². The van der Waals surface area contributed by atoms with E-state index >= 15 is 0 Å². The number of amides is 1. The molecule has 0 saturated heterocycles. The first-order valence-corrected chi connectivity index (χ1v) is 8.19. The summed E-state index contributed by atoms with van der Waals surface area (Å²) in [6.45, 7) is 6.06. The van der Waals surface area contributed by atoms with Gasteiger partial charge in [0.2, 0.25) is 5.91 Å². The molecule has 2 saturated carbocycles. The molecule has 0 aromatic heterocycles. The Balaban J connectivity index is 1.94. The first-order valence-electron chi connectivity index (χ1n) is 7.44. The Labute approximate surface area is 140 Å². The second-order valence-electron chi connectivity index (χ2n) is 7.22. The first-order chi connectivity index (χ1) is 10.1. The number of anilines is 1. The van der Waals surface area contributed by atoms with Crippen molar-refractivity contribution < 1.29 is 9.59 Å². The van der Waals surface area contributed by atoms with Crippen LogP contribution in [0.2, 0.25) is 10.0 Å². The van der Waals surface area contributed by atoms with Crippen molar-refractivity contribution in [3.05, 3.63) is 28.2 Å². The minimum atomic E-state index is -0.651. The van der Waals surface area contributed by atoms with Gasteiger partial charge in [0.25, 0.3) is 0 Å². The Kier molecular flexibility index (Phi) is 3.39. The molecule has 0 spiro atoms. The summed E-state index contributed by atoms with van der Waals surface area (Å²) >= 11 is 12.0. The SMILES string of the molecule is CC1(C)[C@]2(C(=O)Nc3ccc(Cl)cc3Cl)CC[C@@]1(C)C(=O)C2. The highest BCUT2D eigenvalue weighted by atomic mass is 35.5. The second-order valence-corrected chi connectivity index (χ2v) is 8.06. The maximum Gasteiger partial charge on any atom is 0.231 e. The van der Waals surface area contributed by atoms with Crippen molar-refractivity contribution in [3.8, 4) is 0 Å². The zero-order valence-corrected chi connectivity index (χ0v) is 14.4. The Morgan fingerprint density at radius 1 is 1.18 bits per heavy atom. The first kappa shape index (κ1) is 15.8. The molecule has 3 nitrogen and oxygen atoms in total. The Morgan fingerprint density at radius 2 is 1.86 bits per heavy atom. The average molecular weight is 340 g/mol. The highest BCUT2D eigenvalue weighted by Crippen LogP contribution is 2.70. The summed E-state index contributed by atoms with van der Waals surface area (Å²) in [7, 11) is 0. The van der Waals surface area contributed by atoms with Crippen LogP contribution in [0.1, 0.15) is 40.0 Å². The van der Waals surface area contributed by atoms with Gasteiger partial charge < -0.3 is 5.32 Å². The molecular weight excluding hydrogens is 321 g/mol. The molecule has 2 aliphatic rings. The number of benzene rings is 1. The van der Waals surface area contributed by atoms with Crippen LogP contribution in [0, 0.1) is 16.2 Å². The summed E-state index contributed by atoms with van der Waals surface area (Å²) in [6.07, 6.45) is 1.81. The number of nitrogens with one attached hydrogen (secondary N) is 1. The molecule has 1 amide bonds. The monoisotopic (exact) mass is 339 g/mol. The Hall–Kier alpha value is -1.06. The fourth-order valence-electron chi connectivity index (χ4n) is 4.19. The van der Waals surface area contributed by atoms with Crippen LogP contribution in [0.3, 0.4) is 0 Å². The number of rotatable bonds is 2. The van der Waals surface area contributed by atoms with Crippen LogP contribution in [-0.2, 0) is 9.59 Å². The van der Waals surface area contributed by atoms with E-state index in [1.54, 1.807) is 18.2 Å². The molecule has 2 atom stereocenters. The molecule has 3 rings (SSSR count). The summed E-state index contributed by atoms with van der Waals surface area (Å²) in [6, 6.07) is 4.97. The molecule has 5 heteroatoms. The molecule has 22 heavy (non-hydrogen) atoms. The number of hydrogen-bond donors (Lipinski definition) is 1. The predicted octanol–water partition coefficient (Wildman–Crippen LogP) is 4.72. The largest absolute Gasteiger partial charge is 0.324 e. The van der Waals surface area contributed by atoms with E-state index in [0.717, 1.165) is 12.8 Å². The van der Waals surface area contributed by atoms with Crippen molar-refractivity contribution in [2.45, 2.75) is 40.0 Å². The summed E-state index contributed by atoms with van der Waals surface area (Å²) in [5, 5.41) is 3.83.